The van der Waals surface area contributed by atoms with E-state index in [1.807, 2.05) is 0 Å². The molecule has 31 valence electrons. The maximum atomic E-state index is 8.52. The van der Waals surface area contributed by atoms with Crippen molar-refractivity contribution in [3.05, 3.63) is 0 Å². The first-order chi connectivity index (χ1) is 1.73. The van der Waals surface area contributed by atoms with Crippen LogP contribution in [-0.4, -0.2) is 0 Å². The molecule has 0 spiro atoms. The van der Waals surface area contributed by atoms with Gasteiger partial charge in [0.2, 0.25) is 0 Å². The van der Waals surface area contributed by atoms with Crippen molar-refractivity contribution in [1.82, 2.24) is 0 Å². The quantitative estimate of drug-likeness (QED) is 0.263. The van der Waals surface area contributed by atoms with Gasteiger partial charge in [0.25, 0.3) is 0 Å². The zero-order valence-electron chi connectivity index (χ0n) is 2.10. The molecular weight excluding hydrogens is 134 g/mol. The molecule has 0 aromatic heterocycles. The Balaban J connectivity index is 0. The molecule has 5 heavy (non-hydrogen) atoms. The van der Waals surface area contributed by atoms with Crippen molar-refractivity contribution in [1.29, 1.82) is 0 Å². The molecule has 0 bridgehead atoms. The molecule has 0 heterocycles. The molecule has 0 saturated carbocycles. The first kappa shape index (κ1) is 9.27. The zero-order valence-corrected chi connectivity index (χ0v) is 4.28. The molecule has 0 aliphatic rings. The minimum absolute atomic E-state index is 0. The second kappa shape index (κ2) is 4.83. The molecule has 0 fully saturated rings. The fourth-order valence-corrected chi connectivity index (χ4v) is 0. The molecule has 0 amide bonds. The molecule has 0 saturated heterocycles. The van der Waals surface area contributed by atoms with E-state index in [-0.39, 0.29) is 17.1 Å². The van der Waals surface area contributed by atoms with Crippen LogP contribution in [0.1, 0.15) is 0 Å². The summed E-state index contributed by atoms with van der Waals surface area (Å²) in [6.45, 7) is 0. The maximum Gasteiger partial charge on any atom is 2.00 e. The molecule has 0 aromatic carbocycles. The van der Waals surface area contributed by atoms with Crippen molar-refractivity contribution >= 4 is 8.60 Å². The standard InChI is InChI=1S/Mn.HO3P/c;1-4(2)3/h;4H/q+2;-2. The summed E-state index contributed by atoms with van der Waals surface area (Å²) >= 11 is 0. The van der Waals surface area contributed by atoms with Gasteiger partial charge in [-0.15, -0.1) is 0 Å². The Hall–Kier alpha value is 0.829. The van der Waals surface area contributed by atoms with Crippen molar-refractivity contribution in [2.45, 2.75) is 0 Å². The van der Waals surface area contributed by atoms with E-state index in [0.717, 1.165) is 0 Å². The molecule has 0 aliphatic carbocycles. The summed E-state index contributed by atoms with van der Waals surface area (Å²) in [7, 11) is -3.63. The summed E-state index contributed by atoms with van der Waals surface area (Å²) in [6, 6.07) is 0. The fraction of sp³-hybridized carbons (Fsp3) is 0. The van der Waals surface area contributed by atoms with Gasteiger partial charge in [-0.1, -0.05) is 0 Å². The van der Waals surface area contributed by atoms with E-state index in [4.69, 9.17) is 14.7 Å². The van der Waals surface area contributed by atoms with E-state index in [1.54, 1.807) is 0 Å². The smallest absolute Gasteiger partial charge is 0.690 e. The Morgan fingerprint density at radius 3 is 1.00 bits per heavy atom. The van der Waals surface area contributed by atoms with E-state index in [0.29, 0.717) is 0 Å². The van der Waals surface area contributed by atoms with Gasteiger partial charge in [0.1, 0.15) is 0 Å². The molecule has 0 rings (SSSR count). The van der Waals surface area contributed by atoms with Crippen LogP contribution in [0.2, 0.25) is 0 Å². The summed E-state index contributed by atoms with van der Waals surface area (Å²) in [4.78, 5) is 25.6. The van der Waals surface area contributed by atoms with E-state index < -0.39 is 8.60 Å². The van der Waals surface area contributed by atoms with Gasteiger partial charge in [0, 0.05) is 0 Å². The van der Waals surface area contributed by atoms with Crippen molar-refractivity contribution < 1.29 is 31.7 Å². The summed E-state index contributed by atoms with van der Waals surface area (Å²) in [5.74, 6) is 0. The molecule has 0 atom stereocenters. The van der Waals surface area contributed by atoms with E-state index in [9.17, 15) is 0 Å². The van der Waals surface area contributed by atoms with Crippen LogP contribution in [0.5, 0.6) is 0 Å². The molecule has 0 unspecified atom stereocenters. The van der Waals surface area contributed by atoms with Gasteiger partial charge in [-0.05, 0) is 0 Å². The first-order valence-electron chi connectivity index (χ1n) is 0.612. The van der Waals surface area contributed by atoms with E-state index in [1.165, 1.54) is 0 Å². The van der Waals surface area contributed by atoms with Crippen LogP contribution in [0.4, 0.5) is 0 Å². The summed E-state index contributed by atoms with van der Waals surface area (Å²) in [5, 5.41) is 0. The summed E-state index contributed by atoms with van der Waals surface area (Å²) in [5.41, 5.74) is 0. The van der Waals surface area contributed by atoms with E-state index in [2.05, 4.69) is 0 Å². The van der Waals surface area contributed by atoms with Crippen LogP contribution in [0, 0.1) is 0 Å². The molecule has 1 radical (unpaired) electrons. The van der Waals surface area contributed by atoms with Crippen LogP contribution in [0.3, 0.4) is 0 Å². The Morgan fingerprint density at radius 1 is 1.00 bits per heavy atom. The molecule has 0 N–H and O–H groups in total. The minimum atomic E-state index is -3.63. The topological polar surface area (TPSA) is 69.2 Å². The van der Waals surface area contributed by atoms with Gasteiger partial charge >= 0.3 is 17.1 Å². The third-order valence-electron chi connectivity index (χ3n) is 0. The van der Waals surface area contributed by atoms with Gasteiger partial charge in [0.15, 0.2) is 0 Å². The van der Waals surface area contributed by atoms with E-state index >= 15 is 0 Å². The summed E-state index contributed by atoms with van der Waals surface area (Å²) < 4.78 is 0. The molecule has 0 aromatic rings. The third kappa shape index (κ3) is 56.2. The average Bonchev–Trinajstić information content (AvgIpc) is 0.811. The SMILES string of the molecule is [Mn+2].[O-][PH+]([O-])[O-]. The van der Waals surface area contributed by atoms with Crippen molar-refractivity contribution in [2.24, 2.45) is 0 Å². The van der Waals surface area contributed by atoms with Crippen molar-refractivity contribution in [3.63, 3.8) is 0 Å². The third-order valence-corrected chi connectivity index (χ3v) is 0. The van der Waals surface area contributed by atoms with Crippen LogP contribution in [-0.2, 0) is 17.1 Å². The largest absolute Gasteiger partial charge is 2.00 e. The predicted octanol–water partition coefficient (Wildman–Crippen LogP) is -2.98. The Kier molecular flexibility index (Phi) is 8.96. The van der Waals surface area contributed by atoms with Crippen LogP contribution in [0.25, 0.3) is 0 Å². The summed E-state index contributed by atoms with van der Waals surface area (Å²) in [6.07, 6.45) is 0. The number of hydrogen-bond donors (Lipinski definition) is 0. The Morgan fingerprint density at radius 2 is 1.00 bits per heavy atom. The van der Waals surface area contributed by atoms with Crippen molar-refractivity contribution in [3.8, 4) is 0 Å². The molecule has 0 aliphatic heterocycles. The molecule has 5 heteroatoms. The minimum Gasteiger partial charge on any atom is -0.690 e. The Labute approximate surface area is 41.1 Å². The number of rotatable bonds is 0. The van der Waals surface area contributed by atoms with Gasteiger partial charge in [-0.2, -0.15) is 8.60 Å². The second-order valence-corrected chi connectivity index (χ2v) is 0.750. The predicted molar refractivity (Wildman–Crippen MR) is 8.31 cm³/mol. The average molecular weight is 135 g/mol. The van der Waals surface area contributed by atoms with Gasteiger partial charge in [0.05, 0.1) is 0 Å². The first-order valence-corrected chi connectivity index (χ1v) is 1.84. The second-order valence-electron chi connectivity index (χ2n) is 0.250. The monoisotopic (exact) mass is 135 g/mol. The van der Waals surface area contributed by atoms with Crippen LogP contribution in [0.15, 0.2) is 0 Å². The molecule has 3 nitrogen and oxygen atoms in total. The number of hydrogen-bond acceptors (Lipinski definition) is 3. The van der Waals surface area contributed by atoms with Crippen molar-refractivity contribution in [2.75, 3.05) is 0 Å². The zero-order chi connectivity index (χ0) is 3.58. The van der Waals surface area contributed by atoms with Gasteiger partial charge in [-0.25, -0.2) is 0 Å². The van der Waals surface area contributed by atoms with Crippen LogP contribution < -0.4 is 14.7 Å². The normalized spacial score (nSPS) is 7.20. The Bertz CT molecular complexity index is 11.6. The van der Waals surface area contributed by atoms with Gasteiger partial charge in [-0.3, -0.25) is 0 Å². The maximum absolute atomic E-state index is 8.52. The van der Waals surface area contributed by atoms with Crippen LogP contribution >= 0.6 is 8.60 Å². The fourth-order valence-electron chi connectivity index (χ4n) is 0. The van der Waals surface area contributed by atoms with Gasteiger partial charge < -0.3 is 14.7 Å². The molecular formula is HMnO3P.